The van der Waals surface area contributed by atoms with Gasteiger partial charge in [0.2, 0.25) is 5.91 Å². The molecule has 1 heterocycles. The molecule has 2 N–H and O–H groups in total. The Hall–Kier alpha value is -0.220. The molecule has 88 valence electrons. The summed E-state index contributed by atoms with van der Waals surface area (Å²) in [6, 6.07) is 0.214. The second-order valence-corrected chi connectivity index (χ2v) is 6.20. The van der Waals surface area contributed by atoms with Crippen LogP contribution in [0.25, 0.3) is 0 Å². The Labute approximate surface area is 96.8 Å². The van der Waals surface area contributed by atoms with E-state index in [0.29, 0.717) is 0 Å². The molecule has 1 rings (SSSR count). The van der Waals surface area contributed by atoms with Gasteiger partial charge in [-0.3, -0.25) is 4.79 Å². The van der Waals surface area contributed by atoms with E-state index in [-0.39, 0.29) is 22.6 Å². The van der Waals surface area contributed by atoms with Crippen LogP contribution in [0.4, 0.5) is 0 Å². The molecule has 4 heteroatoms. The van der Waals surface area contributed by atoms with Gasteiger partial charge in [-0.05, 0) is 25.0 Å². The zero-order chi connectivity index (χ0) is 11.6. The van der Waals surface area contributed by atoms with Crippen LogP contribution < -0.4 is 5.73 Å². The Bertz CT molecular complexity index is 243. The van der Waals surface area contributed by atoms with Crippen molar-refractivity contribution in [2.24, 2.45) is 11.1 Å². The monoisotopic (exact) mass is 230 g/mol. The topological polar surface area (TPSA) is 46.3 Å². The van der Waals surface area contributed by atoms with Crippen molar-refractivity contribution in [1.82, 2.24) is 4.90 Å². The van der Waals surface area contributed by atoms with Gasteiger partial charge in [0.1, 0.15) is 0 Å². The van der Waals surface area contributed by atoms with E-state index < -0.39 is 0 Å². The van der Waals surface area contributed by atoms with E-state index in [1.54, 1.807) is 11.8 Å². The third-order valence-corrected chi connectivity index (χ3v) is 4.23. The molecule has 1 aliphatic heterocycles. The highest BCUT2D eigenvalue weighted by molar-refractivity contribution is 7.99. The van der Waals surface area contributed by atoms with Crippen LogP contribution in [0.15, 0.2) is 0 Å². The van der Waals surface area contributed by atoms with E-state index in [1.807, 2.05) is 18.1 Å². The predicted molar refractivity (Wildman–Crippen MR) is 65.9 cm³/mol. The van der Waals surface area contributed by atoms with E-state index >= 15 is 0 Å². The number of hydrogen-bond donors (Lipinski definition) is 1. The predicted octanol–water partition coefficient (Wildman–Crippen LogP) is 1.32. The fourth-order valence-electron chi connectivity index (χ4n) is 1.92. The minimum Gasteiger partial charge on any atom is -0.341 e. The first kappa shape index (κ1) is 12.8. The summed E-state index contributed by atoms with van der Waals surface area (Å²) >= 11 is 1.61. The first-order valence-electron chi connectivity index (χ1n) is 5.45. The maximum absolute atomic E-state index is 12.0. The Morgan fingerprint density at radius 2 is 2.20 bits per heavy atom. The molecular weight excluding hydrogens is 208 g/mol. The molecule has 0 aliphatic carbocycles. The lowest BCUT2D eigenvalue weighted by molar-refractivity contribution is -0.133. The van der Waals surface area contributed by atoms with E-state index in [2.05, 4.69) is 13.8 Å². The van der Waals surface area contributed by atoms with Gasteiger partial charge < -0.3 is 10.6 Å². The van der Waals surface area contributed by atoms with Crippen LogP contribution in [0.2, 0.25) is 0 Å². The minimum absolute atomic E-state index is 0.0477. The van der Waals surface area contributed by atoms with Gasteiger partial charge in [0, 0.05) is 19.1 Å². The van der Waals surface area contributed by atoms with E-state index in [9.17, 15) is 4.79 Å². The summed E-state index contributed by atoms with van der Waals surface area (Å²) in [6.07, 6.45) is 2.89. The quantitative estimate of drug-likeness (QED) is 0.778. The summed E-state index contributed by atoms with van der Waals surface area (Å²) < 4.78 is 0. The van der Waals surface area contributed by atoms with Gasteiger partial charge in [-0.1, -0.05) is 13.8 Å². The Morgan fingerprint density at radius 1 is 1.60 bits per heavy atom. The summed E-state index contributed by atoms with van der Waals surface area (Å²) in [7, 11) is 0. The number of hydrogen-bond acceptors (Lipinski definition) is 3. The lowest BCUT2D eigenvalue weighted by Crippen LogP contribution is -2.55. The van der Waals surface area contributed by atoms with Gasteiger partial charge in [-0.2, -0.15) is 11.8 Å². The molecule has 0 aromatic rings. The zero-order valence-electron chi connectivity index (χ0n) is 10.1. The van der Waals surface area contributed by atoms with Gasteiger partial charge in [-0.25, -0.2) is 0 Å². The molecule has 1 aliphatic rings. The first-order valence-corrected chi connectivity index (χ1v) is 6.74. The Balaban J connectivity index is 2.63. The van der Waals surface area contributed by atoms with Crippen molar-refractivity contribution in [2.45, 2.75) is 38.5 Å². The SMILES string of the molecule is CSC(C)C(=O)N1CCC(N)C(C)(C)C1. The van der Waals surface area contributed by atoms with Crippen LogP contribution in [0, 0.1) is 5.41 Å². The number of carbonyl (C=O) groups excluding carboxylic acids is 1. The third kappa shape index (κ3) is 2.88. The number of piperidine rings is 1. The van der Waals surface area contributed by atoms with Crippen LogP contribution >= 0.6 is 11.8 Å². The lowest BCUT2D eigenvalue weighted by atomic mass is 9.79. The summed E-state index contributed by atoms with van der Waals surface area (Å²) in [5.74, 6) is 0.252. The maximum atomic E-state index is 12.0. The molecule has 1 amide bonds. The number of amides is 1. The standard InChI is InChI=1S/C11H22N2OS/c1-8(15-4)10(14)13-6-5-9(12)11(2,3)7-13/h8-9H,5-7,12H2,1-4H3. The number of nitrogens with zero attached hydrogens (tertiary/aromatic N) is 1. The van der Waals surface area contributed by atoms with Crippen LogP contribution in [-0.4, -0.2) is 41.4 Å². The van der Waals surface area contributed by atoms with E-state index in [1.165, 1.54) is 0 Å². The smallest absolute Gasteiger partial charge is 0.235 e. The molecule has 0 aromatic carbocycles. The van der Waals surface area contributed by atoms with Crippen molar-refractivity contribution in [2.75, 3.05) is 19.3 Å². The van der Waals surface area contributed by atoms with E-state index in [0.717, 1.165) is 19.5 Å². The van der Waals surface area contributed by atoms with Crippen LogP contribution in [0.1, 0.15) is 27.2 Å². The Morgan fingerprint density at radius 3 is 2.67 bits per heavy atom. The normalized spacial score (nSPS) is 27.5. The summed E-state index contributed by atoms with van der Waals surface area (Å²) in [5, 5.41) is 0.0649. The molecular formula is C11H22N2OS. The molecule has 1 saturated heterocycles. The van der Waals surface area contributed by atoms with Crippen LogP contribution in [0.5, 0.6) is 0 Å². The second-order valence-electron chi connectivity index (χ2n) is 5.02. The minimum atomic E-state index is 0.0477. The molecule has 0 aromatic heterocycles. The number of likely N-dealkylation sites (tertiary alicyclic amines) is 1. The fraction of sp³-hybridized carbons (Fsp3) is 0.909. The summed E-state index contributed by atoms with van der Waals surface area (Å²) in [5.41, 5.74) is 6.09. The Kier molecular flexibility index (Phi) is 4.06. The number of carbonyl (C=O) groups is 1. The summed E-state index contributed by atoms with van der Waals surface area (Å²) in [4.78, 5) is 14.0. The van der Waals surface area contributed by atoms with Crippen molar-refractivity contribution < 1.29 is 4.79 Å². The highest BCUT2D eigenvalue weighted by Crippen LogP contribution is 2.28. The van der Waals surface area contributed by atoms with E-state index in [4.69, 9.17) is 5.73 Å². The van der Waals surface area contributed by atoms with Gasteiger partial charge in [0.15, 0.2) is 0 Å². The second kappa shape index (κ2) is 4.74. The fourth-order valence-corrected chi connectivity index (χ4v) is 2.27. The first-order chi connectivity index (χ1) is 6.88. The summed E-state index contributed by atoms with van der Waals surface area (Å²) in [6.45, 7) is 7.85. The molecule has 1 fully saturated rings. The van der Waals surface area contributed by atoms with Gasteiger partial charge in [-0.15, -0.1) is 0 Å². The number of nitrogens with two attached hydrogens (primary N) is 1. The van der Waals surface area contributed by atoms with Gasteiger partial charge >= 0.3 is 0 Å². The van der Waals surface area contributed by atoms with Gasteiger partial charge in [0.25, 0.3) is 0 Å². The molecule has 0 spiro atoms. The van der Waals surface area contributed by atoms with Crippen molar-refractivity contribution in [3.8, 4) is 0 Å². The van der Waals surface area contributed by atoms with Crippen LogP contribution in [0.3, 0.4) is 0 Å². The largest absolute Gasteiger partial charge is 0.341 e. The van der Waals surface area contributed by atoms with Crippen LogP contribution in [-0.2, 0) is 4.79 Å². The lowest BCUT2D eigenvalue weighted by Gasteiger charge is -2.43. The van der Waals surface area contributed by atoms with Crippen molar-refractivity contribution in [3.63, 3.8) is 0 Å². The molecule has 0 saturated carbocycles. The maximum Gasteiger partial charge on any atom is 0.235 e. The molecule has 0 radical (unpaired) electrons. The van der Waals surface area contributed by atoms with Crippen molar-refractivity contribution in [3.05, 3.63) is 0 Å². The van der Waals surface area contributed by atoms with Crippen molar-refractivity contribution >= 4 is 17.7 Å². The molecule has 0 bridgehead atoms. The average Bonchev–Trinajstić information content (AvgIpc) is 2.19. The molecule has 15 heavy (non-hydrogen) atoms. The zero-order valence-corrected chi connectivity index (χ0v) is 10.9. The highest BCUT2D eigenvalue weighted by Gasteiger charge is 2.36. The third-order valence-electron chi connectivity index (χ3n) is 3.33. The number of rotatable bonds is 2. The highest BCUT2D eigenvalue weighted by atomic mass is 32.2. The number of thioether (sulfide) groups is 1. The molecule has 2 unspecified atom stereocenters. The molecule has 3 nitrogen and oxygen atoms in total. The van der Waals surface area contributed by atoms with Crippen molar-refractivity contribution in [1.29, 1.82) is 0 Å². The molecule has 2 atom stereocenters. The van der Waals surface area contributed by atoms with Gasteiger partial charge in [0.05, 0.1) is 5.25 Å². The average molecular weight is 230 g/mol.